The minimum absolute atomic E-state index is 0.339. The van der Waals surface area contributed by atoms with Gasteiger partial charge in [0.2, 0.25) is 0 Å². The molecule has 2 heterocycles. The van der Waals surface area contributed by atoms with Crippen molar-refractivity contribution in [1.82, 2.24) is 9.80 Å². The molecule has 2 unspecified atom stereocenters. The van der Waals surface area contributed by atoms with Gasteiger partial charge in [0.25, 0.3) is 0 Å². The molecule has 0 radical (unpaired) electrons. The van der Waals surface area contributed by atoms with Crippen LogP contribution in [-0.4, -0.2) is 47.6 Å². The van der Waals surface area contributed by atoms with Crippen molar-refractivity contribution >= 4 is 0 Å². The number of nitrogens with zero attached hydrogens (tertiary/aromatic N) is 2. The van der Waals surface area contributed by atoms with E-state index in [1.807, 2.05) is 0 Å². The second-order valence-corrected chi connectivity index (χ2v) is 8.06. The summed E-state index contributed by atoms with van der Waals surface area (Å²) in [6, 6.07) is 0.812. The van der Waals surface area contributed by atoms with Crippen LogP contribution in [0.2, 0.25) is 0 Å². The highest BCUT2D eigenvalue weighted by molar-refractivity contribution is 4.96. The minimum Gasteiger partial charge on any atom is -0.298 e. The summed E-state index contributed by atoms with van der Waals surface area (Å²) in [5.74, 6) is 0.882. The molecule has 2 fully saturated rings. The van der Waals surface area contributed by atoms with E-state index in [0.717, 1.165) is 12.0 Å². The van der Waals surface area contributed by atoms with Crippen molar-refractivity contribution in [3.05, 3.63) is 0 Å². The third-order valence-corrected chi connectivity index (χ3v) is 4.79. The highest BCUT2D eigenvalue weighted by Gasteiger charge is 2.42. The van der Waals surface area contributed by atoms with Gasteiger partial charge in [-0.05, 0) is 38.5 Å². The average molecular weight is 238 g/mol. The number of rotatable bonds is 0. The van der Waals surface area contributed by atoms with Crippen LogP contribution in [0.3, 0.4) is 0 Å². The van der Waals surface area contributed by atoms with E-state index in [-0.39, 0.29) is 0 Å². The first kappa shape index (κ1) is 13.4. The molecule has 100 valence electrons. The maximum Gasteiger partial charge on any atom is 0.0227 e. The Hall–Kier alpha value is -0.0800. The number of piperazine rings is 1. The summed E-state index contributed by atoms with van der Waals surface area (Å²) < 4.78 is 0. The summed E-state index contributed by atoms with van der Waals surface area (Å²) in [5.41, 5.74) is 0.815. The topological polar surface area (TPSA) is 6.48 Å². The van der Waals surface area contributed by atoms with E-state index in [1.165, 1.54) is 32.6 Å². The Labute approximate surface area is 107 Å². The van der Waals surface area contributed by atoms with Gasteiger partial charge in [0.15, 0.2) is 0 Å². The molecule has 2 atom stereocenters. The Morgan fingerprint density at radius 2 is 1.53 bits per heavy atom. The van der Waals surface area contributed by atoms with Gasteiger partial charge in [0, 0.05) is 37.8 Å². The van der Waals surface area contributed by atoms with Crippen LogP contribution in [0.5, 0.6) is 0 Å². The monoisotopic (exact) mass is 238 g/mol. The first-order chi connectivity index (χ1) is 7.68. The molecule has 2 aliphatic heterocycles. The number of hydrogen-bond donors (Lipinski definition) is 0. The Kier molecular flexibility index (Phi) is 3.33. The third kappa shape index (κ3) is 2.85. The molecule has 2 nitrogen and oxygen atoms in total. The van der Waals surface area contributed by atoms with Gasteiger partial charge in [-0.15, -0.1) is 0 Å². The lowest BCUT2D eigenvalue weighted by molar-refractivity contribution is 0.0409. The quantitative estimate of drug-likeness (QED) is 0.640. The van der Waals surface area contributed by atoms with Crippen LogP contribution in [0, 0.1) is 11.3 Å². The fourth-order valence-electron chi connectivity index (χ4n) is 3.28. The van der Waals surface area contributed by atoms with Gasteiger partial charge in [0.05, 0.1) is 0 Å². The summed E-state index contributed by atoms with van der Waals surface area (Å²) in [6.45, 7) is 19.4. The molecule has 0 aliphatic carbocycles. The molecule has 0 N–H and O–H groups in total. The molecular formula is C15H30N2. The largest absolute Gasteiger partial charge is 0.298 e. The minimum atomic E-state index is 0.339. The lowest BCUT2D eigenvalue weighted by Gasteiger charge is -2.44. The van der Waals surface area contributed by atoms with Crippen LogP contribution >= 0.6 is 0 Å². The van der Waals surface area contributed by atoms with Gasteiger partial charge in [-0.3, -0.25) is 9.80 Å². The van der Waals surface area contributed by atoms with Crippen LogP contribution < -0.4 is 0 Å². The van der Waals surface area contributed by atoms with Crippen molar-refractivity contribution in [2.75, 3.05) is 26.2 Å². The van der Waals surface area contributed by atoms with E-state index in [0.29, 0.717) is 11.0 Å². The van der Waals surface area contributed by atoms with E-state index >= 15 is 0 Å². The molecule has 0 aromatic heterocycles. The van der Waals surface area contributed by atoms with Crippen LogP contribution in [0.4, 0.5) is 0 Å². The van der Waals surface area contributed by atoms with Crippen LogP contribution in [0.1, 0.15) is 48.0 Å². The summed E-state index contributed by atoms with van der Waals surface area (Å²) in [5, 5.41) is 0. The molecule has 0 saturated carbocycles. The van der Waals surface area contributed by atoms with Crippen LogP contribution in [0.15, 0.2) is 0 Å². The molecule has 0 spiro atoms. The van der Waals surface area contributed by atoms with Crippen molar-refractivity contribution in [2.24, 2.45) is 11.3 Å². The summed E-state index contributed by atoms with van der Waals surface area (Å²) in [7, 11) is 0. The first-order valence-electron chi connectivity index (χ1n) is 7.17. The van der Waals surface area contributed by atoms with Gasteiger partial charge in [0.1, 0.15) is 0 Å². The second kappa shape index (κ2) is 4.24. The summed E-state index contributed by atoms with van der Waals surface area (Å²) >= 11 is 0. The van der Waals surface area contributed by atoms with E-state index in [2.05, 4.69) is 51.3 Å². The predicted octanol–water partition coefficient (Wildman–Crippen LogP) is 2.84. The lowest BCUT2D eigenvalue weighted by atomic mass is 9.79. The fraction of sp³-hybridized carbons (Fsp3) is 1.00. The van der Waals surface area contributed by atoms with Gasteiger partial charge in [-0.2, -0.15) is 0 Å². The summed E-state index contributed by atoms with van der Waals surface area (Å²) in [4.78, 5) is 5.40. The Bertz CT molecular complexity index is 260. The van der Waals surface area contributed by atoms with E-state index in [9.17, 15) is 0 Å². The van der Waals surface area contributed by atoms with Gasteiger partial charge < -0.3 is 0 Å². The van der Waals surface area contributed by atoms with Crippen molar-refractivity contribution in [2.45, 2.75) is 59.5 Å². The Balaban J connectivity index is 1.99. The number of fused-ring (bicyclic) bond motifs is 1. The normalized spacial score (nSPS) is 32.8. The molecule has 2 rings (SSSR count). The molecule has 0 amide bonds. The zero-order valence-electron chi connectivity index (χ0n) is 12.6. The molecule has 0 aromatic rings. The second-order valence-electron chi connectivity index (χ2n) is 8.06. The smallest absolute Gasteiger partial charge is 0.0227 e. The van der Waals surface area contributed by atoms with E-state index in [4.69, 9.17) is 0 Å². The third-order valence-electron chi connectivity index (χ3n) is 4.79. The van der Waals surface area contributed by atoms with Crippen LogP contribution in [0.25, 0.3) is 0 Å². The van der Waals surface area contributed by atoms with Crippen molar-refractivity contribution < 1.29 is 0 Å². The standard InChI is InChI=1S/C15H30N2/c1-14(2,3)12-9-13-11-17(15(4,5)6)8-7-16(13)10-12/h12-13H,7-11H2,1-6H3. The van der Waals surface area contributed by atoms with E-state index in [1.54, 1.807) is 0 Å². The maximum absolute atomic E-state index is 2.73. The van der Waals surface area contributed by atoms with Crippen molar-refractivity contribution in [3.63, 3.8) is 0 Å². The number of hydrogen-bond acceptors (Lipinski definition) is 2. The zero-order chi connectivity index (χ0) is 12.8. The first-order valence-corrected chi connectivity index (χ1v) is 7.17. The molecule has 0 bridgehead atoms. The average Bonchev–Trinajstić information content (AvgIpc) is 2.57. The maximum atomic E-state index is 2.73. The molecule has 2 heteroatoms. The Morgan fingerprint density at radius 1 is 0.882 bits per heavy atom. The van der Waals surface area contributed by atoms with Crippen LogP contribution in [-0.2, 0) is 0 Å². The molecule has 2 aliphatic rings. The highest BCUT2D eigenvalue weighted by atomic mass is 15.3. The predicted molar refractivity (Wildman–Crippen MR) is 74.2 cm³/mol. The highest BCUT2D eigenvalue weighted by Crippen LogP contribution is 2.38. The molecule has 2 saturated heterocycles. The van der Waals surface area contributed by atoms with E-state index < -0.39 is 0 Å². The zero-order valence-corrected chi connectivity index (χ0v) is 12.6. The van der Waals surface area contributed by atoms with Gasteiger partial charge in [-0.25, -0.2) is 0 Å². The molecule has 0 aromatic carbocycles. The van der Waals surface area contributed by atoms with Gasteiger partial charge in [-0.1, -0.05) is 20.8 Å². The molecular weight excluding hydrogens is 208 g/mol. The van der Waals surface area contributed by atoms with Crippen molar-refractivity contribution in [3.8, 4) is 0 Å². The lowest BCUT2D eigenvalue weighted by Crippen LogP contribution is -2.56. The fourth-order valence-corrected chi connectivity index (χ4v) is 3.28. The Morgan fingerprint density at radius 3 is 2.06 bits per heavy atom. The summed E-state index contributed by atoms with van der Waals surface area (Å²) in [6.07, 6.45) is 1.40. The molecule has 17 heavy (non-hydrogen) atoms. The SMILES string of the molecule is CC(C)(C)C1CC2CN(C(C)(C)C)CCN2C1. The van der Waals surface area contributed by atoms with Crippen molar-refractivity contribution in [1.29, 1.82) is 0 Å². The van der Waals surface area contributed by atoms with Gasteiger partial charge >= 0.3 is 0 Å².